The van der Waals surface area contributed by atoms with Crippen LogP contribution in [0.5, 0.6) is 5.75 Å². The summed E-state index contributed by atoms with van der Waals surface area (Å²) in [5, 5.41) is 4.31. The average molecular weight is 670 g/mol. The molecule has 1 amide bonds. The van der Waals surface area contributed by atoms with E-state index < -0.39 is 22.7 Å². The van der Waals surface area contributed by atoms with Crippen LogP contribution in [0.15, 0.2) is 77.3 Å². The maximum absolute atomic E-state index is 14.6. The van der Waals surface area contributed by atoms with Crippen LogP contribution in [0.2, 0.25) is 0 Å². The molecule has 0 spiro atoms. The number of nitrogens with one attached hydrogen (secondary N) is 1. The lowest BCUT2D eigenvalue weighted by atomic mass is 9.55. The second-order valence-corrected chi connectivity index (χ2v) is 14.6. The SMILES string of the molecule is CCc1ccccc1OC1CC2(C(=O)OC(C)(C)C)CCC1(NC(=O)c1c(C)c(-c3ccccc3)nc3ccc(Br)cc13)CC2. The van der Waals surface area contributed by atoms with Gasteiger partial charge in [-0.2, -0.15) is 0 Å². The molecule has 6 nitrogen and oxygen atoms in total. The highest BCUT2D eigenvalue weighted by molar-refractivity contribution is 9.10. The Morgan fingerprint density at radius 3 is 2.36 bits per heavy atom. The van der Waals surface area contributed by atoms with Crippen LogP contribution in [-0.4, -0.2) is 34.1 Å². The Kier molecular flexibility index (Phi) is 8.27. The second kappa shape index (κ2) is 11.9. The molecule has 0 saturated heterocycles. The summed E-state index contributed by atoms with van der Waals surface area (Å²) < 4.78 is 13.7. The molecular formula is C38H41BrN2O4. The second-order valence-electron chi connectivity index (χ2n) is 13.7. The van der Waals surface area contributed by atoms with Gasteiger partial charge in [-0.25, -0.2) is 4.98 Å². The summed E-state index contributed by atoms with van der Waals surface area (Å²) in [6.45, 7) is 9.81. The molecule has 4 aromatic rings. The summed E-state index contributed by atoms with van der Waals surface area (Å²) >= 11 is 3.61. The first-order valence-electron chi connectivity index (χ1n) is 15.9. The molecule has 0 aliphatic heterocycles. The fourth-order valence-corrected chi connectivity index (χ4v) is 7.50. The number of nitrogens with zero attached hydrogens (tertiary/aromatic N) is 1. The van der Waals surface area contributed by atoms with E-state index in [4.69, 9.17) is 14.5 Å². The Labute approximate surface area is 274 Å². The first-order chi connectivity index (χ1) is 21.4. The van der Waals surface area contributed by atoms with E-state index in [2.05, 4.69) is 34.2 Å². The molecule has 1 heterocycles. The molecule has 3 aliphatic carbocycles. The van der Waals surface area contributed by atoms with Crippen LogP contribution in [0, 0.1) is 12.3 Å². The van der Waals surface area contributed by atoms with Gasteiger partial charge in [-0.3, -0.25) is 9.59 Å². The fraction of sp³-hybridized carbons (Fsp3) is 0.395. The minimum atomic E-state index is -0.650. The van der Waals surface area contributed by atoms with Gasteiger partial charge in [0, 0.05) is 21.8 Å². The standard InChI is InChI=1S/C38H41BrN2O4/c1-6-25-12-10-11-15-30(25)44-31-23-37(35(43)45-36(3,4)5)18-20-38(31,21-19-37)41-34(42)32-24(2)33(26-13-8-7-9-14-26)40-29-17-16-27(39)22-28(29)32/h7-17,22,31H,6,18-21,23H2,1-5H3,(H,41,42). The number of hydrogen-bond donors (Lipinski definition) is 1. The van der Waals surface area contributed by atoms with Crippen LogP contribution < -0.4 is 10.1 Å². The molecule has 3 aliphatic rings. The molecule has 7 heteroatoms. The number of ether oxygens (including phenoxy) is 2. The third-order valence-corrected chi connectivity index (χ3v) is 10.1. The highest BCUT2D eigenvalue weighted by Crippen LogP contribution is 2.55. The molecule has 1 atom stereocenters. The van der Waals surface area contributed by atoms with Crippen molar-refractivity contribution in [2.45, 2.75) is 90.4 Å². The van der Waals surface area contributed by atoms with Crippen LogP contribution in [-0.2, 0) is 16.0 Å². The number of fused-ring (bicyclic) bond motifs is 4. The number of pyridine rings is 1. The Bertz CT molecular complexity index is 1750. The van der Waals surface area contributed by atoms with Gasteiger partial charge in [0.25, 0.3) is 5.91 Å². The number of hydrogen-bond acceptors (Lipinski definition) is 5. The number of aryl methyl sites for hydroxylation is 1. The van der Waals surface area contributed by atoms with E-state index >= 15 is 0 Å². The summed E-state index contributed by atoms with van der Waals surface area (Å²) in [6.07, 6.45) is 3.40. The van der Waals surface area contributed by atoms with Crippen molar-refractivity contribution in [1.29, 1.82) is 0 Å². The third kappa shape index (κ3) is 5.99. The van der Waals surface area contributed by atoms with Gasteiger partial charge in [0.1, 0.15) is 17.5 Å². The molecule has 234 valence electrons. The van der Waals surface area contributed by atoms with Crippen molar-refractivity contribution in [2.24, 2.45) is 5.41 Å². The summed E-state index contributed by atoms with van der Waals surface area (Å²) in [6, 6.07) is 23.9. The number of amides is 1. The molecule has 1 aromatic heterocycles. The monoisotopic (exact) mass is 668 g/mol. The number of aromatic nitrogens is 1. The Morgan fingerprint density at radius 2 is 1.67 bits per heavy atom. The minimum absolute atomic E-state index is 0.153. The maximum atomic E-state index is 14.6. The molecule has 3 fully saturated rings. The van der Waals surface area contributed by atoms with Crippen LogP contribution in [0.25, 0.3) is 22.2 Å². The Balaban J connectivity index is 1.41. The summed E-state index contributed by atoms with van der Waals surface area (Å²) in [7, 11) is 0. The lowest BCUT2D eigenvalue weighted by molar-refractivity contribution is -0.181. The smallest absolute Gasteiger partial charge is 0.312 e. The van der Waals surface area contributed by atoms with Crippen molar-refractivity contribution in [3.63, 3.8) is 0 Å². The summed E-state index contributed by atoms with van der Waals surface area (Å²) in [4.78, 5) is 33.3. The minimum Gasteiger partial charge on any atom is -0.488 e. The maximum Gasteiger partial charge on any atom is 0.312 e. The van der Waals surface area contributed by atoms with Crippen LogP contribution in [0.4, 0.5) is 0 Å². The molecule has 0 radical (unpaired) electrons. The fourth-order valence-electron chi connectivity index (χ4n) is 7.14. The van der Waals surface area contributed by atoms with E-state index in [-0.39, 0.29) is 11.9 Å². The third-order valence-electron chi connectivity index (χ3n) is 9.57. The highest BCUT2D eigenvalue weighted by Gasteiger charge is 2.60. The number of carbonyl (C=O) groups is 2. The summed E-state index contributed by atoms with van der Waals surface area (Å²) in [5.74, 6) is 0.478. The van der Waals surface area contributed by atoms with E-state index in [1.165, 1.54) is 0 Å². The number of rotatable bonds is 7. The van der Waals surface area contributed by atoms with E-state index in [0.717, 1.165) is 49.9 Å². The lowest BCUT2D eigenvalue weighted by Crippen LogP contribution is -2.67. The normalized spacial score (nSPS) is 22.7. The van der Waals surface area contributed by atoms with E-state index in [9.17, 15) is 9.59 Å². The van der Waals surface area contributed by atoms with E-state index in [0.29, 0.717) is 37.7 Å². The Hall–Kier alpha value is -3.71. The van der Waals surface area contributed by atoms with Crippen molar-refractivity contribution in [2.75, 3.05) is 0 Å². The van der Waals surface area contributed by atoms with Gasteiger partial charge in [-0.1, -0.05) is 71.4 Å². The number of halogens is 1. The first-order valence-corrected chi connectivity index (χ1v) is 16.7. The Morgan fingerprint density at radius 1 is 0.978 bits per heavy atom. The topological polar surface area (TPSA) is 77.5 Å². The number of carbonyl (C=O) groups excluding carboxylic acids is 2. The molecule has 3 saturated carbocycles. The molecular weight excluding hydrogens is 628 g/mol. The number of esters is 1. The van der Waals surface area contributed by atoms with Crippen molar-refractivity contribution < 1.29 is 19.1 Å². The van der Waals surface area contributed by atoms with E-state index in [1.54, 1.807) is 0 Å². The summed E-state index contributed by atoms with van der Waals surface area (Å²) in [5.41, 5.74) is 3.16. The average Bonchev–Trinajstić information content (AvgIpc) is 3.01. The van der Waals surface area contributed by atoms with Gasteiger partial charge in [-0.15, -0.1) is 0 Å². The number of benzene rings is 3. The zero-order valence-electron chi connectivity index (χ0n) is 26.7. The zero-order valence-corrected chi connectivity index (χ0v) is 28.3. The van der Waals surface area contributed by atoms with Crippen molar-refractivity contribution in [3.05, 3.63) is 94.0 Å². The van der Waals surface area contributed by atoms with Gasteiger partial charge in [0.05, 0.1) is 27.7 Å². The largest absolute Gasteiger partial charge is 0.488 e. The van der Waals surface area contributed by atoms with Crippen molar-refractivity contribution in [3.8, 4) is 17.0 Å². The van der Waals surface area contributed by atoms with Gasteiger partial charge < -0.3 is 14.8 Å². The zero-order chi connectivity index (χ0) is 32.0. The van der Waals surface area contributed by atoms with Gasteiger partial charge in [-0.05, 0) is 95.2 Å². The molecule has 1 N–H and O–H groups in total. The lowest BCUT2D eigenvalue weighted by Gasteiger charge is -2.56. The van der Waals surface area contributed by atoms with Crippen LogP contribution in [0.1, 0.15) is 81.3 Å². The van der Waals surface area contributed by atoms with Crippen LogP contribution in [0.3, 0.4) is 0 Å². The molecule has 45 heavy (non-hydrogen) atoms. The van der Waals surface area contributed by atoms with E-state index in [1.807, 2.05) is 94.4 Å². The molecule has 2 bridgehead atoms. The van der Waals surface area contributed by atoms with Gasteiger partial charge >= 0.3 is 5.97 Å². The van der Waals surface area contributed by atoms with Gasteiger partial charge in [0.2, 0.25) is 0 Å². The molecule has 7 rings (SSSR count). The predicted octanol–water partition coefficient (Wildman–Crippen LogP) is 8.76. The van der Waals surface area contributed by atoms with Crippen LogP contribution >= 0.6 is 15.9 Å². The van der Waals surface area contributed by atoms with Crippen molar-refractivity contribution in [1.82, 2.24) is 10.3 Å². The molecule has 1 unspecified atom stereocenters. The number of para-hydroxylation sites is 1. The molecule has 3 aromatic carbocycles. The highest BCUT2D eigenvalue weighted by atomic mass is 79.9. The van der Waals surface area contributed by atoms with Crippen molar-refractivity contribution >= 4 is 38.7 Å². The quantitative estimate of drug-likeness (QED) is 0.199. The van der Waals surface area contributed by atoms with Gasteiger partial charge in [0.15, 0.2) is 0 Å². The first kappa shape index (κ1) is 31.3. The predicted molar refractivity (Wildman–Crippen MR) is 181 cm³/mol.